The highest BCUT2D eigenvalue weighted by molar-refractivity contribution is 6.42. The van der Waals surface area contributed by atoms with E-state index in [4.69, 9.17) is 23.2 Å². The number of carbonyl (C=O) groups excluding carboxylic acids is 1. The molecule has 0 saturated heterocycles. The standard InChI is InChI=1S/C15H19Cl2NO/c1-2-3-8-18(12-5-6-12)10-15(19)11-4-7-13(16)14(17)9-11/h4,7,9,12H,2-3,5-6,8,10H2,1H3. The van der Waals surface area contributed by atoms with Gasteiger partial charge < -0.3 is 0 Å². The second-order valence-corrected chi connectivity index (χ2v) is 5.92. The van der Waals surface area contributed by atoms with Crippen molar-refractivity contribution in [2.24, 2.45) is 0 Å². The fourth-order valence-electron chi connectivity index (χ4n) is 2.14. The molecular weight excluding hydrogens is 281 g/mol. The van der Waals surface area contributed by atoms with E-state index < -0.39 is 0 Å². The summed E-state index contributed by atoms with van der Waals surface area (Å²) in [6.07, 6.45) is 4.74. The summed E-state index contributed by atoms with van der Waals surface area (Å²) in [5.74, 6) is 0.126. The lowest BCUT2D eigenvalue weighted by Crippen LogP contribution is -2.32. The highest BCUT2D eigenvalue weighted by atomic mass is 35.5. The summed E-state index contributed by atoms with van der Waals surface area (Å²) >= 11 is 11.8. The molecule has 1 aliphatic rings. The van der Waals surface area contributed by atoms with Gasteiger partial charge >= 0.3 is 0 Å². The van der Waals surface area contributed by atoms with E-state index in [1.54, 1.807) is 18.2 Å². The molecule has 0 radical (unpaired) electrons. The Labute approximate surface area is 124 Å². The summed E-state index contributed by atoms with van der Waals surface area (Å²) in [7, 11) is 0. The third-order valence-corrected chi connectivity index (χ3v) is 4.19. The maximum Gasteiger partial charge on any atom is 0.176 e. The zero-order valence-corrected chi connectivity index (χ0v) is 12.7. The van der Waals surface area contributed by atoms with Crippen molar-refractivity contribution in [3.8, 4) is 0 Å². The molecule has 19 heavy (non-hydrogen) atoms. The van der Waals surface area contributed by atoms with E-state index in [-0.39, 0.29) is 5.78 Å². The Hall–Kier alpha value is -0.570. The zero-order chi connectivity index (χ0) is 13.8. The summed E-state index contributed by atoms with van der Waals surface area (Å²) in [5.41, 5.74) is 0.650. The van der Waals surface area contributed by atoms with E-state index in [9.17, 15) is 4.79 Å². The van der Waals surface area contributed by atoms with Crippen LogP contribution in [-0.2, 0) is 0 Å². The van der Waals surface area contributed by atoms with Crippen molar-refractivity contribution in [3.63, 3.8) is 0 Å². The van der Waals surface area contributed by atoms with Gasteiger partial charge in [0.25, 0.3) is 0 Å². The second kappa shape index (κ2) is 6.74. The Morgan fingerprint density at radius 3 is 2.63 bits per heavy atom. The first kappa shape index (κ1) is 14.8. The van der Waals surface area contributed by atoms with Crippen molar-refractivity contribution in [1.82, 2.24) is 4.90 Å². The van der Waals surface area contributed by atoms with Gasteiger partial charge in [0.2, 0.25) is 0 Å². The van der Waals surface area contributed by atoms with Crippen LogP contribution < -0.4 is 0 Å². The highest BCUT2D eigenvalue weighted by Crippen LogP contribution is 2.28. The first-order chi connectivity index (χ1) is 9.11. The molecule has 0 amide bonds. The van der Waals surface area contributed by atoms with E-state index in [1.165, 1.54) is 12.8 Å². The molecule has 1 saturated carbocycles. The summed E-state index contributed by atoms with van der Waals surface area (Å²) in [6, 6.07) is 5.71. The average Bonchev–Trinajstić information content (AvgIpc) is 3.21. The molecule has 0 bridgehead atoms. The number of carbonyl (C=O) groups is 1. The lowest BCUT2D eigenvalue weighted by molar-refractivity contribution is 0.0923. The van der Waals surface area contributed by atoms with Crippen LogP contribution in [-0.4, -0.2) is 29.8 Å². The zero-order valence-electron chi connectivity index (χ0n) is 11.2. The number of ketones is 1. The van der Waals surface area contributed by atoms with Gasteiger partial charge in [-0.3, -0.25) is 9.69 Å². The van der Waals surface area contributed by atoms with Crippen LogP contribution in [0.5, 0.6) is 0 Å². The van der Waals surface area contributed by atoms with Crippen LogP contribution in [0.4, 0.5) is 0 Å². The molecule has 0 aromatic heterocycles. The SMILES string of the molecule is CCCCN(CC(=O)c1ccc(Cl)c(Cl)c1)C1CC1. The van der Waals surface area contributed by atoms with Gasteiger partial charge in [0, 0.05) is 11.6 Å². The predicted octanol–water partition coefficient (Wildman–Crippen LogP) is 4.44. The molecule has 2 rings (SSSR count). The number of benzene rings is 1. The normalized spacial score (nSPS) is 14.9. The van der Waals surface area contributed by atoms with Crippen LogP contribution >= 0.6 is 23.2 Å². The van der Waals surface area contributed by atoms with Gasteiger partial charge in [-0.25, -0.2) is 0 Å². The summed E-state index contributed by atoms with van der Waals surface area (Å²) < 4.78 is 0. The Morgan fingerprint density at radius 2 is 2.05 bits per heavy atom. The monoisotopic (exact) mass is 299 g/mol. The lowest BCUT2D eigenvalue weighted by atomic mass is 10.1. The van der Waals surface area contributed by atoms with Crippen LogP contribution in [0.15, 0.2) is 18.2 Å². The number of Topliss-reactive ketones (excluding diaryl/α,β-unsaturated/α-hetero) is 1. The van der Waals surface area contributed by atoms with Gasteiger partial charge in [-0.1, -0.05) is 36.5 Å². The molecule has 4 heteroatoms. The van der Waals surface area contributed by atoms with E-state index >= 15 is 0 Å². The number of nitrogens with zero attached hydrogens (tertiary/aromatic N) is 1. The molecule has 0 unspecified atom stereocenters. The number of unbranched alkanes of at least 4 members (excludes halogenated alkanes) is 1. The van der Waals surface area contributed by atoms with Crippen LogP contribution in [0.3, 0.4) is 0 Å². The van der Waals surface area contributed by atoms with Gasteiger partial charge in [0.05, 0.1) is 16.6 Å². The van der Waals surface area contributed by atoms with E-state index in [0.717, 1.165) is 19.4 Å². The predicted molar refractivity (Wildman–Crippen MR) is 80.3 cm³/mol. The largest absolute Gasteiger partial charge is 0.293 e. The van der Waals surface area contributed by atoms with E-state index in [1.807, 2.05) is 0 Å². The molecule has 0 N–H and O–H groups in total. The van der Waals surface area contributed by atoms with Crippen molar-refractivity contribution >= 4 is 29.0 Å². The quantitative estimate of drug-likeness (QED) is 0.694. The number of hydrogen-bond acceptors (Lipinski definition) is 2. The Balaban J connectivity index is 1.99. The number of rotatable bonds is 7. The fourth-order valence-corrected chi connectivity index (χ4v) is 2.44. The van der Waals surface area contributed by atoms with Crippen molar-refractivity contribution in [2.75, 3.05) is 13.1 Å². The molecule has 0 heterocycles. The van der Waals surface area contributed by atoms with Gasteiger partial charge in [-0.05, 0) is 44.0 Å². The van der Waals surface area contributed by atoms with Crippen LogP contribution in [0.1, 0.15) is 43.0 Å². The Morgan fingerprint density at radius 1 is 1.32 bits per heavy atom. The number of hydrogen-bond donors (Lipinski definition) is 0. The highest BCUT2D eigenvalue weighted by Gasteiger charge is 2.29. The summed E-state index contributed by atoms with van der Waals surface area (Å²) in [4.78, 5) is 14.6. The van der Waals surface area contributed by atoms with E-state index in [2.05, 4.69) is 11.8 Å². The average molecular weight is 300 g/mol. The minimum Gasteiger partial charge on any atom is -0.293 e. The molecule has 1 aliphatic carbocycles. The van der Waals surface area contributed by atoms with Gasteiger partial charge in [-0.2, -0.15) is 0 Å². The minimum absolute atomic E-state index is 0.126. The molecule has 1 aromatic carbocycles. The van der Waals surface area contributed by atoms with Crippen molar-refractivity contribution in [2.45, 2.75) is 38.6 Å². The maximum atomic E-state index is 12.3. The van der Waals surface area contributed by atoms with Gasteiger partial charge in [0.15, 0.2) is 5.78 Å². The molecule has 0 aliphatic heterocycles. The number of halogens is 2. The van der Waals surface area contributed by atoms with Crippen LogP contribution in [0.2, 0.25) is 10.0 Å². The molecule has 104 valence electrons. The van der Waals surface area contributed by atoms with Crippen molar-refractivity contribution in [1.29, 1.82) is 0 Å². The molecule has 0 atom stereocenters. The van der Waals surface area contributed by atoms with Crippen molar-refractivity contribution < 1.29 is 4.79 Å². The van der Waals surface area contributed by atoms with Crippen LogP contribution in [0, 0.1) is 0 Å². The molecule has 2 nitrogen and oxygen atoms in total. The van der Waals surface area contributed by atoms with Crippen LogP contribution in [0.25, 0.3) is 0 Å². The molecular formula is C15H19Cl2NO. The van der Waals surface area contributed by atoms with Crippen molar-refractivity contribution in [3.05, 3.63) is 33.8 Å². The second-order valence-electron chi connectivity index (χ2n) is 5.11. The van der Waals surface area contributed by atoms with E-state index in [0.29, 0.717) is 28.2 Å². The topological polar surface area (TPSA) is 20.3 Å². The van der Waals surface area contributed by atoms with Gasteiger partial charge in [0.1, 0.15) is 0 Å². The molecule has 1 fully saturated rings. The molecule has 1 aromatic rings. The molecule has 0 spiro atoms. The van der Waals surface area contributed by atoms with Gasteiger partial charge in [-0.15, -0.1) is 0 Å². The summed E-state index contributed by atoms with van der Waals surface area (Å²) in [5, 5.41) is 0.933. The lowest BCUT2D eigenvalue weighted by Gasteiger charge is -2.20. The maximum absolute atomic E-state index is 12.3. The third-order valence-electron chi connectivity index (χ3n) is 3.45. The smallest absolute Gasteiger partial charge is 0.176 e. The minimum atomic E-state index is 0.126. The first-order valence-corrected chi connectivity index (χ1v) is 7.59. The Kier molecular flexibility index (Phi) is 5.26. The third kappa shape index (κ3) is 4.20. The fraction of sp³-hybridized carbons (Fsp3) is 0.533. The first-order valence-electron chi connectivity index (χ1n) is 6.84. The Bertz CT molecular complexity index is 457. The summed E-state index contributed by atoms with van der Waals surface area (Å²) in [6.45, 7) is 3.67.